The summed E-state index contributed by atoms with van der Waals surface area (Å²) in [7, 11) is 0. The predicted octanol–water partition coefficient (Wildman–Crippen LogP) is 2.55. The molecule has 1 N–H and O–H groups in total. The number of ether oxygens (including phenoxy) is 1. The van der Waals surface area contributed by atoms with E-state index in [0.29, 0.717) is 18.6 Å². The second-order valence-corrected chi connectivity index (χ2v) is 6.65. The molecule has 5 nitrogen and oxygen atoms in total. The predicted molar refractivity (Wildman–Crippen MR) is 87.1 cm³/mol. The highest BCUT2D eigenvalue weighted by molar-refractivity contribution is 4.82. The fourth-order valence-electron chi connectivity index (χ4n) is 3.37. The van der Waals surface area contributed by atoms with E-state index in [1.165, 1.54) is 29.7 Å². The molecular weight excluding hydrogens is 280 g/mol. The van der Waals surface area contributed by atoms with Gasteiger partial charge >= 0.3 is 5.69 Å². The highest BCUT2D eigenvalue weighted by Gasteiger charge is 2.28. The Morgan fingerprint density at radius 1 is 1.18 bits per heavy atom. The first-order valence-corrected chi connectivity index (χ1v) is 8.48. The van der Waals surface area contributed by atoms with E-state index in [4.69, 9.17) is 4.74 Å². The van der Waals surface area contributed by atoms with Crippen molar-refractivity contribution in [3.05, 3.63) is 33.1 Å². The molecule has 2 rings (SSSR count). The Bertz CT molecular complexity index is 535. The number of aromatic amines is 1. The van der Waals surface area contributed by atoms with Crippen LogP contribution in [0.15, 0.2) is 21.9 Å². The summed E-state index contributed by atoms with van der Waals surface area (Å²) in [6.45, 7) is 5.90. The van der Waals surface area contributed by atoms with Crippen LogP contribution < -0.4 is 11.2 Å². The van der Waals surface area contributed by atoms with Gasteiger partial charge in [0.15, 0.2) is 0 Å². The number of H-pyrrole nitrogens is 1. The molecule has 5 heteroatoms. The molecule has 1 saturated carbocycles. The van der Waals surface area contributed by atoms with Crippen LogP contribution >= 0.6 is 0 Å². The van der Waals surface area contributed by atoms with Crippen LogP contribution in [0.3, 0.4) is 0 Å². The molecule has 1 aliphatic rings. The standard InChI is InChI=1S/C17H28N2O3/c1-13-11-14(2)15(12-13)22-10-6-4-3-5-9-19-16(20)7-8-18-17(19)21/h7-8,13-15H,3-6,9-12H2,1-2H3,(H,18,21). The molecule has 124 valence electrons. The molecule has 3 unspecified atom stereocenters. The molecule has 0 aromatic carbocycles. The van der Waals surface area contributed by atoms with Crippen LogP contribution in [-0.4, -0.2) is 22.3 Å². The molecule has 1 fully saturated rings. The highest BCUT2D eigenvalue weighted by Crippen LogP contribution is 2.32. The van der Waals surface area contributed by atoms with Crippen molar-refractivity contribution in [2.75, 3.05) is 6.61 Å². The number of hydrogen-bond donors (Lipinski definition) is 1. The molecule has 0 saturated heterocycles. The van der Waals surface area contributed by atoms with Crippen LogP contribution in [0, 0.1) is 11.8 Å². The molecule has 3 atom stereocenters. The van der Waals surface area contributed by atoms with Gasteiger partial charge in [0.2, 0.25) is 0 Å². The molecule has 0 aliphatic heterocycles. The minimum Gasteiger partial charge on any atom is -0.378 e. The Balaban J connectivity index is 1.57. The van der Waals surface area contributed by atoms with Crippen LogP contribution in [0.1, 0.15) is 52.4 Å². The number of aromatic nitrogens is 2. The first-order valence-electron chi connectivity index (χ1n) is 8.48. The van der Waals surface area contributed by atoms with Gasteiger partial charge in [-0.15, -0.1) is 0 Å². The van der Waals surface area contributed by atoms with Crippen molar-refractivity contribution in [1.29, 1.82) is 0 Å². The summed E-state index contributed by atoms with van der Waals surface area (Å²) in [5, 5.41) is 0. The van der Waals surface area contributed by atoms with Gasteiger partial charge in [0, 0.05) is 25.4 Å². The third-order valence-corrected chi connectivity index (χ3v) is 4.60. The molecule has 0 radical (unpaired) electrons. The number of nitrogens with zero attached hydrogens (tertiary/aromatic N) is 1. The molecular formula is C17H28N2O3. The van der Waals surface area contributed by atoms with Crippen LogP contribution in [0.5, 0.6) is 0 Å². The first-order chi connectivity index (χ1) is 10.6. The van der Waals surface area contributed by atoms with E-state index in [1.54, 1.807) is 0 Å². The summed E-state index contributed by atoms with van der Waals surface area (Å²) in [5.41, 5.74) is -0.545. The molecule has 1 aliphatic carbocycles. The van der Waals surface area contributed by atoms with Gasteiger partial charge in [0.25, 0.3) is 5.56 Å². The maximum absolute atomic E-state index is 11.5. The monoisotopic (exact) mass is 308 g/mol. The van der Waals surface area contributed by atoms with Gasteiger partial charge in [-0.05, 0) is 37.5 Å². The van der Waals surface area contributed by atoms with Crippen molar-refractivity contribution >= 4 is 0 Å². The summed E-state index contributed by atoms with van der Waals surface area (Å²) in [5.74, 6) is 1.48. The Hall–Kier alpha value is -1.36. The summed E-state index contributed by atoms with van der Waals surface area (Å²) < 4.78 is 7.24. The number of nitrogens with one attached hydrogen (secondary N) is 1. The van der Waals surface area contributed by atoms with Crippen molar-refractivity contribution in [3.63, 3.8) is 0 Å². The summed E-state index contributed by atoms with van der Waals surface area (Å²) in [6.07, 6.45) is 8.31. The first kappa shape index (κ1) is 17.0. The average molecular weight is 308 g/mol. The summed E-state index contributed by atoms with van der Waals surface area (Å²) in [6, 6.07) is 1.39. The summed E-state index contributed by atoms with van der Waals surface area (Å²) in [4.78, 5) is 25.6. The topological polar surface area (TPSA) is 64.1 Å². The van der Waals surface area contributed by atoms with Crippen molar-refractivity contribution in [3.8, 4) is 0 Å². The number of rotatable bonds is 8. The fourth-order valence-corrected chi connectivity index (χ4v) is 3.37. The SMILES string of the molecule is CC1CC(C)C(OCCCCCCn2c(=O)cc[nH]c2=O)C1. The summed E-state index contributed by atoms with van der Waals surface area (Å²) >= 11 is 0. The van der Waals surface area contributed by atoms with E-state index in [1.807, 2.05) is 0 Å². The Kier molecular flexibility index (Phi) is 6.43. The van der Waals surface area contributed by atoms with Crippen molar-refractivity contribution in [2.24, 2.45) is 11.8 Å². The lowest BCUT2D eigenvalue weighted by molar-refractivity contribution is 0.0291. The second-order valence-electron chi connectivity index (χ2n) is 6.65. The third-order valence-electron chi connectivity index (χ3n) is 4.60. The smallest absolute Gasteiger partial charge is 0.328 e. The van der Waals surface area contributed by atoms with Crippen molar-refractivity contribution in [1.82, 2.24) is 9.55 Å². The molecule has 1 aromatic heterocycles. The van der Waals surface area contributed by atoms with Crippen LogP contribution in [0.2, 0.25) is 0 Å². The van der Waals surface area contributed by atoms with Gasteiger partial charge in [-0.1, -0.05) is 26.7 Å². The van der Waals surface area contributed by atoms with Crippen LogP contribution in [-0.2, 0) is 11.3 Å². The molecule has 0 amide bonds. The Morgan fingerprint density at radius 3 is 2.64 bits per heavy atom. The quantitative estimate of drug-likeness (QED) is 0.751. The van der Waals surface area contributed by atoms with Gasteiger partial charge in [-0.3, -0.25) is 9.36 Å². The highest BCUT2D eigenvalue weighted by atomic mass is 16.5. The fraction of sp³-hybridized carbons (Fsp3) is 0.765. The largest absolute Gasteiger partial charge is 0.378 e. The molecule has 22 heavy (non-hydrogen) atoms. The van der Waals surface area contributed by atoms with E-state index in [2.05, 4.69) is 18.8 Å². The van der Waals surface area contributed by atoms with E-state index in [-0.39, 0.29) is 11.2 Å². The normalized spacial score (nSPS) is 24.7. The molecule has 0 bridgehead atoms. The minimum absolute atomic E-state index is 0.226. The molecule has 0 spiro atoms. The lowest BCUT2D eigenvalue weighted by atomic mass is 10.1. The number of unbranched alkanes of at least 4 members (excludes halogenated alkanes) is 3. The lowest BCUT2D eigenvalue weighted by Gasteiger charge is -2.16. The van der Waals surface area contributed by atoms with E-state index >= 15 is 0 Å². The minimum atomic E-state index is -0.319. The van der Waals surface area contributed by atoms with Gasteiger partial charge < -0.3 is 9.72 Å². The van der Waals surface area contributed by atoms with Crippen molar-refractivity contribution in [2.45, 2.75) is 65.0 Å². The van der Waals surface area contributed by atoms with Crippen LogP contribution in [0.4, 0.5) is 0 Å². The maximum atomic E-state index is 11.5. The van der Waals surface area contributed by atoms with Crippen molar-refractivity contribution < 1.29 is 4.74 Å². The molecule has 1 heterocycles. The zero-order valence-corrected chi connectivity index (χ0v) is 13.7. The third kappa shape index (κ3) is 4.83. The van der Waals surface area contributed by atoms with Gasteiger partial charge in [0.1, 0.15) is 0 Å². The van der Waals surface area contributed by atoms with E-state index < -0.39 is 0 Å². The van der Waals surface area contributed by atoms with E-state index in [0.717, 1.165) is 38.2 Å². The number of hydrogen-bond acceptors (Lipinski definition) is 3. The molecule has 1 aromatic rings. The maximum Gasteiger partial charge on any atom is 0.328 e. The zero-order valence-electron chi connectivity index (χ0n) is 13.7. The Morgan fingerprint density at radius 2 is 1.95 bits per heavy atom. The average Bonchev–Trinajstić information content (AvgIpc) is 2.78. The second kappa shape index (κ2) is 8.32. The van der Waals surface area contributed by atoms with Gasteiger partial charge in [-0.2, -0.15) is 0 Å². The van der Waals surface area contributed by atoms with Gasteiger partial charge in [-0.25, -0.2) is 4.79 Å². The zero-order chi connectivity index (χ0) is 15.9. The van der Waals surface area contributed by atoms with Gasteiger partial charge in [0.05, 0.1) is 6.10 Å². The van der Waals surface area contributed by atoms with E-state index in [9.17, 15) is 9.59 Å². The Labute approximate surface area is 131 Å². The lowest BCUT2D eigenvalue weighted by Crippen LogP contribution is -2.33. The van der Waals surface area contributed by atoms with Crippen LogP contribution in [0.25, 0.3) is 0 Å².